The third-order valence-electron chi connectivity index (χ3n) is 3.49. The summed E-state index contributed by atoms with van der Waals surface area (Å²) in [5.74, 6) is 0. The second-order valence-corrected chi connectivity index (χ2v) is 6.32. The molecule has 4 aromatic rings. The number of aromatic amines is 2. The molecule has 2 N–H and O–H groups in total. The maximum Gasteiger partial charge on any atom is 0.137 e. The summed E-state index contributed by atoms with van der Waals surface area (Å²) >= 11 is 0. The van der Waals surface area contributed by atoms with Crippen LogP contribution < -0.4 is 0 Å². The van der Waals surface area contributed by atoms with Gasteiger partial charge in [-0.1, -0.05) is 18.2 Å². The molecule has 0 aliphatic heterocycles. The molecule has 1 unspecified atom stereocenters. The number of hydrogen-bond donors (Lipinski definition) is 2. The smallest absolute Gasteiger partial charge is 0.137 e. The van der Waals surface area contributed by atoms with E-state index in [4.69, 9.17) is 0 Å². The lowest BCUT2D eigenvalue weighted by Crippen LogP contribution is -1.93. The Morgan fingerprint density at radius 1 is 1.00 bits per heavy atom. The highest BCUT2D eigenvalue weighted by Gasteiger charge is 2.12. The second-order valence-electron chi connectivity index (χ2n) is 4.84. The van der Waals surface area contributed by atoms with Crippen molar-refractivity contribution in [2.24, 2.45) is 0 Å². The normalized spacial score (nSPS) is 12.5. The van der Waals surface area contributed by atoms with E-state index in [-0.39, 0.29) is 0 Å². The van der Waals surface area contributed by atoms with E-state index in [0.717, 1.165) is 27.1 Å². The molecule has 22 heavy (non-hydrogen) atoms. The van der Waals surface area contributed by atoms with Gasteiger partial charge in [0.2, 0.25) is 0 Å². The quantitative estimate of drug-likeness (QED) is 0.610. The minimum Gasteiger partial charge on any atom is -0.346 e. The van der Waals surface area contributed by atoms with Gasteiger partial charge in [-0.25, -0.2) is 9.19 Å². The number of benzene rings is 1. The summed E-state index contributed by atoms with van der Waals surface area (Å²) < 4.78 is 12.7. The third-order valence-corrected chi connectivity index (χ3v) is 4.84. The summed E-state index contributed by atoms with van der Waals surface area (Å²) in [6.45, 7) is 0. The van der Waals surface area contributed by atoms with Crippen LogP contribution in [-0.4, -0.2) is 24.4 Å². The molecule has 3 heterocycles. The first-order chi connectivity index (χ1) is 10.8. The zero-order valence-electron chi connectivity index (χ0n) is 11.5. The van der Waals surface area contributed by atoms with Gasteiger partial charge in [-0.05, 0) is 18.2 Å². The van der Waals surface area contributed by atoms with Gasteiger partial charge in [-0.2, -0.15) is 5.10 Å². The van der Waals surface area contributed by atoms with Crippen LogP contribution in [0.3, 0.4) is 0 Å². The van der Waals surface area contributed by atoms with Gasteiger partial charge in [-0.3, -0.25) is 5.10 Å². The highest BCUT2D eigenvalue weighted by molar-refractivity contribution is 7.85. The van der Waals surface area contributed by atoms with Crippen molar-refractivity contribution in [2.45, 2.75) is 9.79 Å². The number of hydrogen-bond acceptors (Lipinski definition) is 3. The average molecular weight is 308 g/mol. The fraction of sp³-hybridized carbons (Fsp3) is 0. The van der Waals surface area contributed by atoms with Crippen LogP contribution in [0.15, 0.2) is 71.0 Å². The van der Waals surface area contributed by atoms with Gasteiger partial charge in [0.15, 0.2) is 0 Å². The van der Waals surface area contributed by atoms with E-state index in [0.29, 0.717) is 4.90 Å². The molecule has 1 aromatic carbocycles. The predicted molar refractivity (Wildman–Crippen MR) is 84.8 cm³/mol. The van der Waals surface area contributed by atoms with Crippen molar-refractivity contribution < 1.29 is 4.21 Å². The van der Waals surface area contributed by atoms with Crippen LogP contribution in [0.5, 0.6) is 0 Å². The first-order valence-corrected chi connectivity index (χ1v) is 7.91. The van der Waals surface area contributed by atoms with Crippen LogP contribution >= 0.6 is 0 Å². The lowest BCUT2D eigenvalue weighted by molar-refractivity contribution is 0.683. The van der Waals surface area contributed by atoms with E-state index in [1.165, 1.54) is 0 Å². The third kappa shape index (κ3) is 2.14. The van der Waals surface area contributed by atoms with Gasteiger partial charge in [0.1, 0.15) is 5.65 Å². The first kappa shape index (κ1) is 13.0. The van der Waals surface area contributed by atoms with E-state index in [1.54, 1.807) is 12.4 Å². The van der Waals surface area contributed by atoms with Gasteiger partial charge in [0.05, 0.1) is 21.9 Å². The molecule has 0 aliphatic rings. The van der Waals surface area contributed by atoms with Gasteiger partial charge in [0, 0.05) is 40.0 Å². The Balaban J connectivity index is 1.84. The fourth-order valence-corrected chi connectivity index (χ4v) is 3.45. The van der Waals surface area contributed by atoms with E-state index < -0.39 is 10.8 Å². The summed E-state index contributed by atoms with van der Waals surface area (Å²) in [7, 11) is -1.24. The summed E-state index contributed by atoms with van der Waals surface area (Å²) in [5, 5.41) is 7.71. The summed E-state index contributed by atoms with van der Waals surface area (Å²) in [5.41, 5.74) is 2.73. The Labute approximate surface area is 128 Å². The summed E-state index contributed by atoms with van der Waals surface area (Å²) in [6.07, 6.45) is 7.12. The number of H-pyrrole nitrogens is 2. The van der Waals surface area contributed by atoms with Crippen molar-refractivity contribution in [3.63, 3.8) is 0 Å². The van der Waals surface area contributed by atoms with E-state index in [9.17, 15) is 4.21 Å². The highest BCUT2D eigenvalue weighted by Crippen LogP contribution is 2.29. The topological polar surface area (TPSA) is 74.4 Å². The zero-order chi connectivity index (χ0) is 14.9. The van der Waals surface area contributed by atoms with Crippen molar-refractivity contribution in [1.29, 1.82) is 0 Å². The van der Waals surface area contributed by atoms with Crippen molar-refractivity contribution in [2.75, 3.05) is 0 Å². The number of aromatic nitrogens is 4. The molecule has 0 fully saturated rings. The molecule has 4 rings (SSSR count). The van der Waals surface area contributed by atoms with Crippen molar-refractivity contribution >= 4 is 21.8 Å². The van der Waals surface area contributed by atoms with E-state index in [2.05, 4.69) is 20.2 Å². The molecule has 3 aromatic heterocycles. The number of pyridine rings is 1. The lowest BCUT2D eigenvalue weighted by Gasteiger charge is -2.02. The molecule has 5 nitrogen and oxygen atoms in total. The first-order valence-electron chi connectivity index (χ1n) is 6.76. The molecule has 0 radical (unpaired) electrons. The van der Waals surface area contributed by atoms with Crippen molar-refractivity contribution in [1.82, 2.24) is 20.2 Å². The SMILES string of the molecule is O=S(c1ccccc1)c1cnc2[nH]cc(-c3cn[nH]c3)c2c1. The van der Waals surface area contributed by atoms with Crippen LogP contribution in [0.2, 0.25) is 0 Å². The molecule has 0 saturated carbocycles. The minimum absolute atomic E-state index is 0.683. The Bertz CT molecular complexity index is 945. The maximum absolute atomic E-state index is 12.7. The highest BCUT2D eigenvalue weighted by atomic mass is 32.2. The minimum atomic E-state index is -1.24. The standard InChI is InChI=1S/C16H12N4OS/c21-22(12-4-2-1-3-5-12)13-6-14-15(11-7-19-20-8-11)10-18-16(14)17-9-13/h1-10H,(H,17,18)(H,19,20). The Kier molecular flexibility index (Phi) is 3.08. The molecule has 0 saturated heterocycles. The van der Waals surface area contributed by atoms with Crippen LogP contribution in [0.1, 0.15) is 0 Å². The number of rotatable bonds is 3. The molecular formula is C16H12N4OS. The zero-order valence-corrected chi connectivity index (χ0v) is 12.3. The summed E-state index contributed by atoms with van der Waals surface area (Å²) in [4.78, 5) is 8.96. The van der Waals surface area contributed by atoms with Gasteiger partial charge in [-0.15, -0.1) is 0 Å². The molecule has 108 valence electrons. The van der Waals surface area contributed by atoms with E-state index >= 15 is 0 Å². The molecule has 6 heteroatoms. The second kappa shape index (κ2) is 5.23. The molecule has 0 amide bonds. The van der Waals surface area contributed by atoms with Crippen LogP contribution in [0.25, 0.3) is 22.2 Å². The Morgan fingerprint density at radius 2 is 1.86 bits per heavy atom. The maximum atomic E-state index is 12.7. The van der Waals surface area contributed by atoms with Crippen molar-refractivity contribution in [3.8, 4) is 11.1 Å². The Hall–Kier alpha value is -2.73. The largest absolute Gasteiger partial charge is 0.346 e. The Morgan fingerprint density at radius 3 is 2.64 bits per heavy atom. The molecule has 1 atom stereocenters. The fourth-order valence-electron chi connectivity index (χ4n) is 2.40. The van der Waals surface area contributed by atoms with Crippen LogP contribution in [0.4, 0.5) is 0 Å². The van der Waals surface area contributed by atoms with Gasteiger partial charge in [0.25, 0.3) is 0 Å². The van der Waals surface area contributed by atoms with Gasteiger partial charge < -0.3 is 4.98 Å². The number of nitrogens with one attached hydrogen (secondary N) is 2. The van der Waals surface area contributed by atoms with E-state index in [1.807, 2.05) is 48.8 Å². The lowest BCUT2D eigenvalue weighted by atomic mass is 10.1. The molecular weight excluding hydrogens is 296 g/mol. The van der Waals surface area contributed by atoms with Crippen LogP contribution in [0, 0.1) is 0 Å². The van der Waals surface area contributed by atoms with Crippen LogP contribution in [-0.2, 0) is 10.8 Å². The monoisotopic (exact) mass is 308 g/mol. The summed E-state index contributed by atoms with van der Waals surface area (Å²) in [6, 6.07) is 11.3. The predicted octanol–water partition coefficient (Wildman–Crippen LogP) is 3.12. The molecule has 0 spiro atoms. The van der Waals surface area contributed by atoms with Gasteiger partial charge >= 0.3 is 0 Å². The number of fused-ring (bicyclic) bond motifs is 1. The average Bonchev–Trinajstić information content (AvgIpc) is 3.23. The molecule has 0 bridgehead atoms. The number of nitrogens with zero attached hydrogens (tertiary/aromatic N) is 2. The van der Waals surface area contributed by atoms with Crippen molar-refractivity contribution in [3.05, 3.63) is 61.2 Å². The molecule has 0 aliphatic carbocycles.